The number of nitrogens with one attached hydrogen (secondary N) is 1. The fraction of sp³-hybridized carbons (Fsp3) is 0.500. The molecule has 1 unspecified atom stereocenters. The summed E-state index contributed by atoms with van der Waals surface area (Å²) in [5.41, 5.74) is -0.118. The van der Waals surface area contributed by atoms with Gasteiger partial charge in [-0.2, -0.15) is 11.8 Å². The van der Waals surface area contributed by atoms with Gasteiger partial charge in [-0.05, 0) is 29.9 Å². The molecule has 2 nitrogen and oxygen atoms in total. The van der Waals surface area contributed by atoms with Gasteiger partial charge < -0.3 is 10.4 Å². The monoisotopic (exact) mass is 259 g/mol. The van der Waals surface area contributed by atoms with Crippen LogP contribution in [0.25, 0.3) is 0 Å². The minimum atomic E-state index is -0.670. The molecule has 17 heavy (non-hydrogen) atoms. The van der Waals surface area contributed by atoms with Crippen LogP contribution in [0.1, 0.15) is 12.0 Å². The van der Waals surface area contributed by atoms with E-state index in [-0.39, 0.29) is 0 Å². The van der Waals surface area contributed by atoms with Gasteiger partial charge in [0.05, 0.1) is 5.60 Å². The first-order valence-electron chi connectivity index (χ1n) is 5.53. The molecule has 1 aromatic carbocycles. The van der Waals surface area contributed by atoms with Crippen LogP contribution < -0.4 is 5.32 Å². The number of benzene rings is 1. The number of halogens is 2. The molecular weight excluding hydrogens is 244 g/mol. The molecule has 1 saturated heterocycles. The molecule has 2 rings (SSSR count). The van der Waals surface area contributed by atoms with Gasteiger partial charge in [0, 0.05) is 24.9 Å². The highest BCUT2D eigenvalue weighted by Crippen LogP contribution is 2.27. The van der Waals surface area contributed by atoms with E-state index in [2.05, 4.69) is 5.32 Å². The highest BCUT2D eigenvalue weighted by molar-refractivity contribution is 7.99. The van der Waals surface area contributed by atoms with Crippen LogP contribution in [0.5, 0.6) is 0 Å². The van der Waals surface area contributed by atoms with Crippen LogP contribution in [0.3, 0.4) is 0 Å². The van der Waals surface area contributed by atoms with E-state index in [1.165, 1.54) is 12.1 Å². The van der Waals surface area contributed by atoms with Gasteiger partial charge >= 0.3 is 0 Å². The Morgan fingerprint density at radius 1 is 1.29 bits per heavy atom. The molecule has 1 atom stereocenters. The van der Waals surface area contributed by atoms with Gasteiger partial charge in [-0.25, -0.2) is 8.78 Å². The van der Waals surface area contributed by atoms with Gasteiger partial charge in [0.1, 0.15) is 11.6 Å². The SMILES string of the molecule is OC1(CNCc2cc(F)cc(F)c2)CCSC1. The van der Waals surface area contributed by atoms with Crippen LogP contribution in [-0.2, 0) is 6.54 Å². The number of hydrogen-bond donors (Lipinski definition) is 2. The summed E-state index contributed by atoms with van der Waals surface area (Å²) in [6, 6.07) is 3.44. The van der Waals surface area contributed by atoms with Gasteiger partial charge in [-0.3, -0.25) is 0 Å². The van der Waals surface area contributed by atoms with Gasteiger partial charge in [0.15, 0.2) is 0 Å². The molecule has 0 aromatic heterocycles. The van der Waals surface area contributed by atoms with Crippen LogP contribution in [0, 0.1) is 11.6 Å². The number of aliphatic hydroxyl groups is 1. The molecule has 1 heterocycles. The van der Waals surface area contributed by atoms with Crippen molar-refractivity contribution in [3.05, 3.63) is 35.4 Å². The molecule has 1 aliphatic rings. The largest absolute Gasteiger partial charge is 0.388 e. The quantitative estimate of drug-likeness (QED) is 0.866. The van der Waals surface area contributed by atoms with E-state index in [1.54, 1.807) is 11.8 Å². The Bertz CT molecular complexity index is 374. The van der Waals surface area contributed by atoms with Crippen molar-refractivity contribution in [2.24, 2.45) is 0 Å². The minimum Gasteiger partial charge on any atom is -0.388 e. The fourth-order valence-electron chi connectivity index (χ4n) is 1.89. The zero-order chi connectivity index (χ0) is 12.3. The third-order valence-electron chi connectivity index (χ3n) is 2.79. The molecule has 94 valence electrons. The lowest BCUT2D eigenvalue weighted by Gasteiger charge is -2.21. The topological polar surface area (TPSA) is 32.3 Å². The number of thioether (sulfide) groups is 1. The molecule has 5 heteroatoms. The van der Waals surface area contributed by atoms with Gasteiger partial charge in [0.25, 0.3) is 0 Å². The van der Waals surface area contributed by atoms with Gasteiger partial charge in [-0.15, -0.1) is 0 Å². The maximum absolute atomic E-state index is 12.9. The third-order valence-corrected chi connectivity index (χ3v) is 4.02. The van der Waals surface area contributed by atoms with Crippen LogP contribution in [0.4, 0.5) is 8.78 Å². The third kappa shape index (κ3) is 3.66. The Labute approximate surface area is 103 Å². The highest BCUT2D eigenvalue weighted by Gasteiger charge is 2.30. The Hall–Kier alpha value is -0.650. The smallest absolute Gasteiger partial charge is 0.126 e. The Kier molecular flexibility index (Phi) is 4.01. The number of rotatable bonds is 4. The van der Waals surface area contributed by atoms with Gasteiger partial charge in [-0.1, -0.05) is 0 Å². The summed E-state index contributed by atoms with van der Waals surface area (Å²) in [5, 5.41) is 13.1. The lowest BCUT2D eigenvalue weighted by atomic mass is 10.0. The molecular formula is C12H15F2NOS. The maximum Gasteiger partial charge on any atom is 0.126 e. The van der Waals surface area contributed by atoms with Gasteiger partial charge in [0.2, 0.25) is 0 Å². The number of hydrogen-bond acceptors (Lipinski definition) is 3. The first-order valence-corrected chi connectivity index (χ1v) is 6.69. The van der Waals surface area contributed by atoms with Crippen molar-refractivity contribution in [2.75, 3.05) is 18.1 Å². The molecule has 0 saturated carbocycles. The maximum atomic E-state index is 12.9. The van der Waals surface area contributed by atoms with Crippen molar-refractivity contribution in [3.8, 4) is 0 Å². The normalized spacial score (nSPS) is 24.2. The van der Waals surface area contributed by atoms with Crippen LogP contribution >= 0.6 is 11.8 Å². The zero-order valence-corrected chi connectivity index (χ0v) is 10.2. The summed E-state index contributed by atoms with van der Waals surface area (Å²) < 4.78 is 25.8. The standard InChI is InChI=1S/C12H15F2NOS/c13-10-3-9(4-11(14)5-10)6-15-7-12(16)1-2-17-8-12/h3-5,15-16H,1-2,6-8H2. The van der Waals surface area contributed by atoms with Crippen LogP contribution in [0.15, 0.2) is 18.2 Å². The average Bonchev–Trinajstić information content (AvgIpc) is 2.64. The Morgan fingerprint density at radius 3 is 2.59 bits per heavy atom. The van der Waals surface area contributed by atoms with Crippen molar-refractivity contribution in [2.45, 2.75) is 18.6 Å². The van der Waals surface area contributed by atoms with E-state index in [0.717, 1.165) is 24.0 Å². The van der Waals surface area contributed by atoms with E-state index < -0.39 is 17.2 Å². The molecule has 0 aliphatic carbocycles. The second-order valence-corrected chi connectivity index (χ2v) is 5.51. The second-order valence-electron chi connectivity index (χ2n) is 4.41. The molecule has 1 fully saturated rings. The molecule has 0 amide bonds. The van der Waals surface area contributed by atoms with E-state index >= 15 is 0 Å². The van der Waals surface area contributed by atoms with Crippen LogP contribution in [0.2, 0.25) is 0 Å². The minimum absolute atomic E-state index is 0.363. The second kappa shape index (κ2) is 5.33. The van der Waals surface area contributed by atoms with Crippen molar-refractivity contribution in [1.82, 2.24) is 5.32 Å². The molecule has 1 aliphatic heterocycles. The van der Waals surface area contributed by atoms with Crippen molar-refractivity contribution < 1.29 is 13.9 Å². The zero-order valence-electron chi connectivity index (χ0n) is 9.38. The van der Waals surface area contributed by atoms with Crippen molar-refractivity contribution >= 4 is 11.8 Å². The molecule has 2 N–H and O–H groups in total. The average molecular weight is 259 g/mol. The highest BCUT2D eigenvalue weighted by atomic mass is 32.2. The lowest BCUT2D eigenvalue weighted by Crippen LogP contribution is -2.40. The summed E-state index contributed by atoms with van der Waals surface area (Å²) >= 11 is 1.72. The summed E-state index contributed by atoms with van der Waals surface area (Å²) in [4.78, 5) is 0. The molecule has 0 radical (unpaired) electrons. The summed E-state index contributed by atoms with van der Waals surface area (Å²) in [6.07, 6.45) is 0.766. The van der Waals surface area contributed by atoms with Crippen molar-refractivity contribution in [3.63, 3.8) is 0 Å². The first-order chi connectivity index (χ1) is 8.07. The predicted molar refractivity (Wildman–Crippen MR) is 65.0 cm³/mol. The van der Waals surface area contributed by atoms with Crippen molar-refractivity contribution in [1.29, 1.82) is 0 Å². The Morgan fingerprint density at radius 2 is 2.00 bits per heavy atom. The molecule has 0 bridgehead atoms. The lowest BCUT2D eigenvalue weighted by molar-refractivity contribution is 0.0674. The van der Waals surface area contributed by atoms with E-state index in [9.17, 15) is 13.9 Å². The fourth-order valence-corrected chi connectivity index (χ4v) is 3.18. The summed E-state index contributed by atoms with van der Waals surface area (Å²) in [5.74, 6) is 0.540. The van der Waals surface area contributed by atoms with E-state index in [4.69, 9.17) is 0 Å². The first kappa shape index (κ1) is 12.8. The molecule has 0 spiro atoms. The summed E-state index contributed by atoms with van der Waals surface area (Å²) in [7, 11) is 0. The van der Waals surface area contributed by atoms with E-state index in [0.29, 0.717) is 18.7 Å². The summed E-state index contributed by atoms with van der Waals surface area (Å²) in [6.45, 7) is 0.819. The Balaban J connectivity index is 1.85. The predicted octanol–water partition coefficient (Wildman–Crippen LogP) is 1.92. The molecule has 1 aromatic rings. The van der Waals surface area contributed by atoms with Crippen LogP contribution in [-0.4, -0.2) is 28.8 Å². The van der Waals surface area contributed by atoms with E-state index in [1.807, 2.05) is 0 Å².